The van der Waals surface area contributed by atoms with Gasteiger partial charge >= 0.3 is 0 Å². The van der Waals surface area contributed by atoms with Crippen molar-refractivity contribution < 1.29 is 0 Å². The summed E-state index contributed by atoms with van der Waals surface area (Å²) in [6.07, 6.45) is 4.54. The van der Waals surface area contributed by atoms with E-state index in [-0.39, 0.29) is 0 Å². The Morgan fingerprint density at radius 3 is 3.17 bits per heavy atom. The highest BCUT2D eigenvalue weighted by atomic mass is 15.3. The Balaban J connectivity index is 1.92. The lowest BCUT2D eigenvalue weighted by Gasteiger charge is -2.03. The lowest BCUT2D eigenvalue weighted by atomic mass is 10.1. The summed E-state index contributed by atoms with van der Waals surface area (Å²) in [5.74, 6) is 0.841. The molecule has 2 aromatic heterocycles. The first kappa shape index (κ1) is 9.58. The van der Waals surface area contributed by atoms with E-state index < -0.39 is 0 Å². The van der Waals surface area contributed by atoms with Crippen molar-refractivity contribution in [2.75, 3.05) is 11.9 Å². The normalized spacial score (nSPS) is 13.6. The summed E-state index contributed by atoms with van der Waals surface area (Å²) in [7, 11) is 0. The molecule has 1 aliphatic heterocycles. The van der Waals surface area contributed by atoms with Crippen molar-refractivity contribution in [1.29, 1.82) is 0 Å². The number of hydrogen-bond acceptors (Lipinski definition) is 4. The van der Waals surface area contributed by atoms with Gasteiger partial charge in [-0.25, -0.2) is 4.98 Å². The minimum Gasteiger partial charge on any atom is -0.384 e. The van der Waals surface area contributed by atoms with Crippen molar-refractivity contribution >= 4 is 11.3 Å². The van der Waals surface area contributed by atoms with Crippen LogP contribution in [0.2, 0.25) is 0 Å². The van der Waals surface area contributed by atoms with Gasteiger partial charge in [0.1, 0.15) is 6.33 Å². The molecule has 3 aromatic rings. The van der Waals surface area contributed by atoms with Gasteiger partial charge in [0.2, 0.25) is 0 Å². The third-order valence-electron chi connectivity index (χ3n) is 3.29. The molecule has 0 bridgehead atoms. The molecule has 0 saturated carbocycles. The van der Waals surface area contributed by atoms with Crippen LogP contribution in [0.15, 0.2) is 36.8 Å². The molecule has 0 amide bonds. The number of rotatable bonds is 1. The third kappa shape index (κ3) is 1.30. The second-order valence-electron chi connectivity index (χ2n) is 4.38. The van der Waals surface area contributed by atoms with Gasteiger partial charge in [-0.3, -0.25) is 4.40 Å². The van der Waals surface area contributed by atoms with Crippen molar-refractivity contribution in [3.8, 4) is 11.4 Å². The van der Waals surface area contributed by atoms with Crippen LogP contribution in [0.1, 0.15) is 5.56 Å². The van der Waals surface area contributed by atoms with Crippen LogP contribution >= 0.6 is 0 Å². The zero-order valence-corrected chi connectivity index (χ0v) is 9.67. The van der Waals surface area contributed by atoms with Gasteiger partial charge in [-0.15, -0.1) is 10.2 Å². The SMILES string of the molecule is c1cc2nnc(-c3ccc4c(c3)CCN4)n2cn1. The van der Waals surface area contributed by atoms with Gasteiger partial charge in [-0.1, -0.05) is 0 Å². The van der Waals surface area contributed by atoms with E-state index in [9.17, 15) is 0 Å². The zero-order valence-electron chi connectivity index (χ0n) is 9.67. The summed E-state index contributed by atoms with van der Waals surface area (Å²) in [5, 5.41) is 11.7. The van der Waals surface area contributed by atoms with Crippen LogP contribution in [0.5, 0.6) is 0 Å². The molecule has 0 spiro atoms. The maximum absolute atomic E-state index is 4.24. The predicted octanol–water partition coefficient (Wildman–Crippen LogP) is 1.76. The molecule has 18 heavy (non-hydrogen) atoms. The first-order chi connectivity index (χ1) is 8.92. The summed E-state index contributed by atoms with van der Waals surface area (Å²) >= 11 is 0. The lowest BCUT2D eigenvalue weighted by Crippen LogP contribution is -1.91. The van der Waals surface area contributed by atoms with Gasteiger partial charge in [0, 0.05) is 30.1 Å². The number of aromatic nitrogens is 4. The fourth-order valence-corrected chi connectivity index (χ4v) is 2.39. The van der Waals surface area contributed by atoms with E-state index in [0.29, 0.717) is 0 Å². The van der Waals surface area contributed by atoms with Gasteiger partial charge in [0.05, 0.1) is 0 Å². The van der Waals surface area contributed by atoms with E-state index in [0.717, 1.165) is 30.0 Å². The quantitative estimate of drug-likeness (QED) is 0.700. The third-order valence-corrected chi connectivity index (χ3v) is 3.29. The zero-order chi connectivity index (χ0) is 11.9. The smallest absolute Gasteiger partial charge is 0.169 e. The summed E-state index contributed by atoms with van der Waals surface area (Å²) in [5.41, 5.74) is 4.47. The highest BCUT2D eigenvalue weighted by molar-refractivity contribution is 5.67. The van der Waals surface area contributed by atoms with Crippen molar-refractivity contribution in [3.05, 3.63) is 42.4 Å². The Kier molecular flexibility index (Phi) is 1.88. The van der Waals surface area contributed by atoms with Gasteiger partial charge in [-0.2, -0.15) is 0 Å². The van der Waals surface area contributed by atoms with E-state index in [1.807, 2.05) is 10.5 Å². The standard InChI is InChI=1S/C13H11N5/c1-2-11-9(3-6-15-11)7-10(1)13-17-16-12-4-5-14-8-18(12)13/h1-2,4-5,7-8,15H,3,6H2. The molecule has 1 aromatic carbocycles. The van der Waals surface area contributed by atoms with Crippen LogP contribution in [0.25, 0.3) is 17.0 Å². The van der Waals surface area contributed by atoms with Crippen LogP contribution < -0.4 is 5.32 Å². The molecule has 1 aliphatic rings. The van der Waals surface area contributed by atoms with E-state index in [1.54, 1.807) is 12.5 Å². The second kappa shape index (κ2) is 3.53. The van der Waals surface area contributed by atoms with E-state index in [1.165, 1.54) is 11.3 Å². The molecule has 1 N–H and O–H groups in total. The van der Waals surface area contributed by atoms with Gasteiger partial charge in [-0.05, 0) is 30.2 Å². The molecule has 3 heterocycles. The first-order valence-electron chi connectivity index (χ1n) is 5.94. The molecule has 5 heteroatoms. The monoisotopic (exact) mass is 237 g/mol. The number of nitrogens with zero attached hydrogens (tertiary/aromatic N) is 4. The highest BCUT2D eigenvalue weighted by Crippen LogP contribution is 2.27. The Hall–Kier alpha value is -2.43. The number of benzene rings is 1. The molecule has 0 aliphatic carbocycles. The molecule has 88 valence electrons. The van der Waals surface area contributed by atoms with Gasteiger partial charge < -0.3 is 5.32 Å². The number of hydrogen-bond donors (Lipinski definition) is 1. The Morgan fingerprint density at radius 2 is 2.17 bits per heavy atom. The molecule has 4 rings (SSSR count). The Labute approximate surface area is 104 Å². The van der Waals surface area contributed by atoms with Crippen molar-refractivity contribution in [2.45, 2.75) is 6.42 Å². The van der Waals surface area contributed by atoms with Crippen LogP contribution in [0.4, 0.5) is 5.69 Å². The van der Waals surface area contributed by atoms with Crippen LogP contribution in [-0.2, 0) is 6.42 Å². The van der Waals surface area contributed by atoms with Crippen molar-refractivity contribution in [3.63, 3.8) is 0 Å². The minimum atomic E-state index is 0.818. The molecule has 0 atom stereocenters. The number of fused-ring (bicyclic) bond motifs is 2. The molecule has 0 unspecified atom stereocenters. The fraction of sp³-hybridized carbons (Fsp3) is 0.154. The summed E-state index contributed by atoms with van der Waals surface area (Å²) in [4.78, 5) is 4.11. The maximum atomic E-state index is 4.24. The molecular weight excluding hydrogens is 226 g/mol. The average Bonchev–Trinajstić information content (AvgIpc) is 3.04. The summed E-state index contributed by atoms with van der Waals surface area (Å²) in [6, 6.07) is 8.21. The summed E-state index contributed by atoms with van der Waals surface area (Å²) in [6.45, 7) is 1.01. The molecule has 0 radical (unpaired) electrons. The first-order valence-corrected chi connectivity index (χ1v) is 5.94. The van der Waals surface area contributed by atoms with E-state index in [4.69, 9.17) is 0 Å². The van der Waals surface area contributed by atoms with Crippen LogP contribution in [0, 0.1) is 0 Å². The Bertz CT molecular complexity index is 731. The number of anilines is 1. The van der Waals surface area contributed by atoms with Crippen molar-refractivity contribution in [2.24, 2.45) is 0 Å². The molecule has 0 saturated heterocycles. The molecule has 5 nitrogen and oxygen atoms in total. The Morgan fingerprint density at radius 1 is 1.17 bits per heavy atom. The molecular formula is C13H11N5. The van der Waals surface area contributed by atoms with Crippen molar-refractivity contribution in [1.82, 2.24) is 19.6 Å². The average molecular weight is 237 g/mol. The molecule has 0 fully saturated rings. The van der Waals surface area contributed by atoms with Gasteiger partial charge in [0.15, 0.2) is 11.5 Å². The van der Waals surface area contributed by atoms with Crippen LogP contribution in [-0.4, -0.2) is 26.1 Å². The lowest BCUT2D eigenvalue weighted by molar-refractivity contribution is 1.07. The van der Waals surface area contributed by atoms with E-state index in [2.05, 4.69) is 38.7 Å². The van der Waals surface area contributed by atoms with Crippen LogP contribution in [0.3, 0.4) is 0 Å². The number of nitrogens with one attached hydrogen (secondary N) is 1. The minimum absolute atomic E-state index is 0.818. The fourth-order valence-electron chi connectivity index (χ4n) is 2.39. The van der Waals surface area contributed by atoms with Gasteiger partial charge in [0.25, 0.3) is 0 Å². The maximum Gasteiger partial charge on any atom is 0.169 e. The highest BCUT2D eigenvalue weighted by Gasteiger charge is 2.13. The topological polar surface area (TPSA) is 55.1 Å². The largest absolute Gasteiger partial charge is 0.384 e. The predicted molar refractivity (Wildman–Crippen MR) is 68.4 cm³/mol. The second-order valence-corrected chi connectivity index (χ2v) is 4.38. The summed E-state index contributed by atoms with van der Waals surface area (Å²) < 4.78 is 1.91. The van der Waals surface area contributed by atoms with E-state index >= 15 is 0 Å².